The topological polar surface area (TPSA) is 84.9 Å². The molecule has 1 heterocycles. The second-order valence-electron chi connectivity index (χ2n) is 9.62. The number of benzene rings is 2. The van der Waals surface area contributed by atoms with Gasteiger partial charge in [-0.2, -0.15) is 0 Å². The Balaban J connectivity index is 1.79. The maximum atomic E-state index is 13.3. The maximum Gasteiger partial charge on any atom is 0.311 e. The van der Waals surface area contributed by atoms with Crippen LogP contribution in [-0.2, 0) is 19.1 Å². The zero-order chi connectivity index (χ0) is 26.2. The fraction of sp³-hybridized carbons (Fsp3) is 0.483. The van der Waals surface area contributed by atoms with E-state index in [1.807, 2.05) is 49.4 Å². The van der Waals surface area contributed by atoms with E-state index in [1.165, 1.54) is 0 Å². The van der Waals surface area contributed by atoms with Crippen LogP contribution in [0.2, 0.25) is 0 Å². The molecule has 3 rings (SSSR count). The number of nitrogens with one attached hydrogen (secondary N) is 1. The van der Waals surface area contributed by atoms with Gasteiger partial charge in [0.15, 0.2) is 6.61 Å². The number of methoxy groups -OCH3 is 1. The van der Waals surface area contributed by atoms with Gasteiger partial charge in [-0.3, -0.25) is 14.4 Å². The number of amides is 2. The molecular weight excluding hydrogens is 456 g/mol. The van der Waals surface area contributed by atoms with Crippen LogP contribution in [0, 0.1) is 12.8 Å². The van der Waals surface area contributed by atoms with Gasteiger partial charge in [0, 0.05) is 24.2 Å². The fourth-order valence-electron chi connectivity index (χ4n) is 4.85. The molecule has 7 heteroatoms. The Morgan fingerprint density at radius 1 is 1.14 bits per heavy atom. The lowest BCUT2D eigenvalue weighted by Crippen LogP contribution is -2.46. The molecule has 1 saturated heterocycles. The molecule has 1 N–H and O–H groups in total. The SMILES string of the molecule is CCCCN1C(=O)CCC(C(=O)OCC(=O)Nc2c(C)cccc2C(C)C)C1c1ccccc1OC. The number of hydrogen-bond donors (Lipinski definition) is 1. The van der Waals surface area contributed by atoms with Gasteiger partial charge < -0.3 is 19.7 Å². The summed E-state index contributed by atoms with van der Waals surface area (Å²) in [7, 11) is 1.58. The summed E-state index contributed by atoms with van der Waals surface area (Å²) in [5, 5.41) is 2.92. The van der Waals surface area contributed by atoms with Gasteiger partial charge in [0.05, 0.1) is 19.1 Å². The maximum absolute atomic E-state index is 13.3. The van der Waals surface area contributed by atoms with Crippen molar-refractivity contribution in [3.8, 4) is 5.75 Å². The second-order valence-corrected chi connectivity index (χ2v) is 9.62. The molecule has 0 saturated carbocycles. The highest BCUT2D eigenvalue weighted by molar-refractivity contribution is 5.94. The molecule has 0 spiro atoms. The summed E-state index contributed by atoms with van der Waals surface area (Å²) >= 11 is 0. The number of carbonyl (C=O) groups excluding carboxylic acids is 3. The molecule has 0 radical (unpaired) electrons. The van der Waals surface area contributed by atoms with Crippen LogP contribution >= 0.6 is 0 Å². The number of unbranched alkanes of at least 4 members (excludes halogenated alkanes) is 1. The summed E-state index contributed by atoms with van der Waals surface area (Å²) in [6, 6.07) is 12.8. The van der Waals surface area contributed by atoms with Crippen LogP contribution in [0.4, 0.5) is 5.69 Å². The molecule has 194 valence electrons. The number of carbonyl (C=O) groups is 3. The van der Waals surface area contributed by atoms with Crippen molar-refractivity contribution < 1.29 is 23.9 Å². The van der Waals surface area contributed by atoms with Crippen molar-refractivity contribution in [2.75, 3.05) is 25.6 Å². The predicted octanol–water partition coefficient (Wildman–Crippen LogP) is 5.39. The van der Waals surface area contributed by atoms with Crippen LogP contribution < -0.4 is 10.1 Å². The van der Waals surface area contributed by atoms with Gasteiger partial charge in [-0.1, -0.05) is 63.6 Å². The van der Waals surface area contributed by atoms with Crippen molar-refractivity contribution in [3.05, 3.63) is 59.2 Å². The number of nitrogens with zero attached hydrogens (tertiary/aromatic N) is 1. The summed E-state index contributed by atoms with van der Waals surface area (Å²) in [4.78, 5) is 40.8. The van der Waals surface area contributed by atoms with Crippen LogP contribution in [0.5, 0.6) is 5.75 Å². The highest BCUT2D eigenvalue weighted by Gasteiger charge is 2.42. The lowest BCUT2D eigenvalue weighted by Gasteiger charge is -2.40. The largest absolute Gasteiger partial charge is 0.496 e. The van der Waals surface area contributed by atoms with Gasteiger partial charge in [-0.25, -0.2) is 0 Å². The van der Waals surface area contributed by atoms with E-state index in [0.29, 0.717) is 18.7 Å². The summed E-state index contributed by atoms with van der Waals surface area (Å²) < 4.78 is 11.1. The summed E-state index contributed by atoms with van der Waals surface area (Å²) in [5.41, 5.74) is 3.52. The smallest absolute Gasteiger partial charge is 0.311 e. The average Bonchev–Trinajstić information content (AvgIpc) is 2.87. The summed E-state index contributed by atoms with van der Waals surface area (Å²) in [6.45, 7) is 8.30. The number of aryl methyl sites for hydroxylation is 1. The van der Waals surface area contributed by atoms with E-state index in [4.69, 9.17) is 9.47 Å². The fourth-order valence-corrected chi connectivity index (χ4v) is 4.85. The van der Waals surface area contributed by atoms with E-state index in [1.54, 1.807) is 12.0 Å². The number of rotatable bonds is 10. The third kappa shape index (κ3) is 6.25. The van der Waals surface area contributed by atoms with E-state index in [2.05, 4.69) is 26.1 Å². The number of ether oxygens (including phenoxy) is 2. The molecule has 0 aromatic heterocycles. The number of likely N-dealkylation sites (tertiary alicyclic amines) is 1. The Morgan fingerprint density at radius 2 is 1.89 bits per heavy atom. The Morgan fingerprint density at radius 3 is 2.58 bits per heavy atom. The molecule has 2 atom stereocenters. The molecule has 0 aliphatic carbocycles. The third-order valence-electron chi connectivity index (χ3n) is 6.76. The van der Waals surface area contributed by atoms with Crippen molar-refractivity contribution in [1.82, 2.24) is 4.90 Å². The number of piperidine rings is 1. The van der Waals surface area contributed by atoms with Gasteiger partial charge >= 0.3 is 5.97 Å². The quantitative estimate of drug-likeness (QED) is 0.448. The van der Waals surface area contributed by atoms with Crippen molar-refractivity contribution in [2.45, 2.75) is 65.3 Å². The monoisotopic (exact) mass is 494 g/mol. The van der Waals surface area contributed by atoms with Gasteiger partial charge in [-0.05, 0) is 42.9 Å². The van der Waals surface area contributed by atoms with Crippen LogP contribution in [-0.4, -0.2) is 42.9 Å². The summed E-state index contributed by atoms with van der Waals surface area (Å²) in [5.74, 6) is -0.587. The average molecular weight is 495 g/mol. The molecule has 1 aliphatic rings. The van der Waals surface area contributed by atoms with E-state index < -0.39 is 17.9 Å². The van der Waals surface area contributed by atoms with Crippen molar-refractivity contribution >= 4 is 23.5 Å². The molecule has 1 aliphatic heterocycles. The molecular formula is C29H38N2O5. The first-order valence-electron chi connectivity index (χ1n) is 12.8. The minimum Gasteiger partial charge on any atom is -0.496 e. The zero-order valence-electron chi connectivity index (χ0n) is 22.0. The molecule has 7 nitrogen and oxygen atoms in total. The zero-order valence-corrected chi connectivity index (χ0v) is 22.0. The first kappa shape index (κ1) is 27.2. The first-order chi connectivity index (χ1) is 17.3. The minimum atomic E-state index is -0.589. The van der Waals surface area contributed by atoms with E-state index in [0.717, 1.165) is 35.2 Å². The molecule has 2 amide bonds. The first-order valence-corrected chi connectivity index (χ1v) is 12.8. The van der Waals surface area contributed by atoms with Gasteiger partial charge in [0.25, 0.3) is 5.91 Å². The van der Waals surface area contributed by atoms with E-state index in [9.17, 15) is 14.4 Å². The Hall–Kier alpha value is -3.35. The Bertz CT molecular complexity index is 1080. The number of anilines is 1. The Kier molecular flexibility index (Phi) is 9.51. The standard InChI is InChI=1S/C29H38N2O5/c1-6-7-17-31-26(33)16-15-23(28(31)22-12-8-9-14-24(22)35-5)29(34)36-18-25(32)30-27-20(4)11-10-13-21(27)19(2)3/h8-14,19,23,28H,6-7,15-18H2,1-5H3,(H,30,32). The van der Waals surface area contributed by atoms with Crippen LogP contribution in [0.15, 0.2) is 42.5 Å². The van der Waals surface area contributed by atoms with Crippen molar-refractivity contribution in [1.29, 1.82) is 0 Å². The Labute approximate surface area is 214 Å². The van der Waals surface area contributed by atoms with Gasteiger partial charge in [0.1, 0.15) is 5.75 Å². The van der Waals surface area contributed by atoms with E-state index in [-0.39, 0.29) is 30.8 Å². The lowest BCUT2D eigenvalue weighted by molar-refractivity contribution is -0.159. The van der Waals surface area contributed by atoms with Gasteiger partial charge in [0.2, 0.25) is 5.91 Å². The lowest BCUT2D eigenvalue weighted by atomic mass is 9.83. The second kappa shape index (κ2) is 12.6. The third-order valence-corrected chi connectivity index (χ3v) is 6.76. The molecule has 36 heavy (non-hydrogen) atoms. The van der Waals surface area contributed by atoms with Crippen molar-refractivity contribution in [3.63, 3.8) is 0 Å². The predicted molar refractivity (Wildman–Crippen MR) is 140 cm³/mol. The number of esters is 1. The highest BCUT2D eigenvalue weighted by Crippen LogP contribution is 2.41. The normalized spacial score (nSPS) is 17.7. The highest BCUT2D eigenvalue weighted by atomic mass is 16.5. The summed E-state index contributed by atoms with van der Waals surface area (Å²) in [6.07, 6.45) is 2.38. The van der Waals surface area contributed by atoms with Crippen molar-refractivity contribution in [2.24, 2.45) is 5.92 Å². The van der Waals surface area contributed by atoms with Gasteiger partial charge in [-0.15, -0.1) is 0 Å². The molecule has 2 unspecified atom stereocenters. The molecule has 1 fully saturated rings. The molecule has 2 aromatic rings. The number of para-hydroxylation sites is 2. The van der Waals surface area contributed by atoms with Crippen LogP contribution in [0.1, 0.15) is 75.1 Å². The van der Waals surface area contributed by atoms with Crippen LogP contribution in [0.3, 0.4) is 0 Å². The number of hydrogen-bond acceptors (Lipinski definition) is 5. The minimum absolute atomic E-state index is 0.0157. The molecule has 0 bridgehead atoms. The van der Waals surface area contributed by atoms with E-state index >= 15 is 0 Å². The molecule has 2 aromatic carbocycles. The van der Waals surface area contributed by atoms with Crippen LogP contribution in [0.25, 0.3) is 0 Å².